The van der Waals surface area contributed by atoms with Crippen LogP contribution in [-0.2, 0) is 14.9 Å². The average molecular weight is 303 g/mol. The van der Waals surface area contributed by atoms with Gasteiger partial charge in [0.1, 0.15) is 0 Å². The molecule has 3 atom stereocenters. The molecule has 3 fully saturated rings. The van der Waals surface area contributed by atoms with Crippen LogP contribution in [-0.4, -0.2) is 79.4 Å². The topological polar surface area (TPSA) is 53.1 Å². The summed E-state index contributed by atoms with van der Waals surface area (Å²) in [6.45, 7) is 8.05. The van der Waals surface area contributed by atoms with Gasteiger partial charge < -0.3 is 4.74 Å². The average Bonchev–Trinajstić information content (AvgIpc) is 2.85. The monoisotopic (exact) mass is 303 g/mol. The van der Waals surface area contributed by atoms with Crippen LogP contribution in [0.5, 0.6) is 0 Å². The maximum atomic E-state index is 12.9. The number of fused-ring (bicyclic) bond motifs is 1. The van der Waals surface area contributed by atoms with Gasteiger partial charge in [0.05, 0.1) is 13.2 Å². The Morgan fingerprint density at radius 3 is 2.60 bits per heavy atom. The van der Waals surface area contributed by atoms with Crippen LogP contribution < -0.4 is 0 Å². The fourth-order valence-electron chi connectivity index (χ4n) is 3.67. The molecule has 0 aromatic heterocycles. The van der Waals surface area contributed by atoms with E-state index in [2.05, 4.69) is 4.90 Å². The molecule has 0 spiro atoms. The summed E-state index contributed by atoms with van der Waals surface area (Å²) in [5.74, 6) is 0. The molecular formula is C13H25N3O3S. The van der Waals surface area contributed by atoms with Gasteiger partial charge in [0.2, 0.25) is 0 Å². The van der Waals surface area contributed by atoms with Crippen molar-refractivity contribution in [1.82, 2.24) is 13.5 Å². The van der Waals surface area contributed by atoms with E-state index in [1.807, 2.05) is 13.8 Å². The maximum absolute atomic E-state index is 12.9. The molecule has 7 heteroatoms. The first kappa shape index (κ1) is 14.7. The highest BCUT2D eigenvalue weighted by molar-refractivity contribution is 7.86. The van der Waals surface area contributed by atoms with Crippen molar-refractivity contribution >= 4 is 10.2 Å². The van der Waals surface area contributed by atoms with Crippen molar-refractivity contribution in [2.24, 2.45) is 0 Å². The molecule has 0 amide bonds. The molecule has 0 aromatic carbocycles. The summed E-state index contributed by atoms with van der Waals surface area (Å²) in [7, 11) is -3.36. The minimum atomic E-state index is -3.36. The molecule has 0 bridgehead atoms. The number of nitrogens with zero attached hydrogens (tertiary/aromatic N) is 3. The van der Waals surface area contributed by atoms with Crippen LogP contribution in [0.1, 0.15) is 26.7 Å². The number of hydrogen-bond donors (Lipinski definition) is 0. The molecule has 0 saturated carbocycles. The Bertz CT molecular complexity index is 456. The third-order valence-corrected chi connectivity index (χ3v) is 7.02. The highest BCUT2D eigenvalue weighted by Crippen LogP contribution is 2.28. The van der Waals surface area contributed by atoms with Gasteiger partial charge in [0.25, 0.3) is 10.2 Å². The normalized spacial score (nSPS) is 38.0. The zero-order chi connectivity index (χ0) is 14.3. The second kappa shape index (κ2) is 5.53. The van der Waals surface area contributed by atoms with Crippen molar-refractivity contribution in [2.75, 3.05) is 39.4 Å². The predicted molar refractivity (Wildman–Crippen MR) is 76.7 cm³/mol. The van der Waals surface area contributed by atoms with Crippen LogP contribution in [0.15, 0.2) is 0 Å². The SMILES string of the molecule is C[C@@H]1COCCN1S(=O)(=O)N1C[C@H]2CCCN2C[C@@H]1C. The predicted octanol–water partition coefficient (Wildman–Crippen LogP) is 0.120. The van der Waals surface area contributed by atoms with E-state index in [4.69, 9.17) is 4.74 Å². The zero-order valence-corrected chi connectivity index (χ0v) is 13.2. The van der Waals surface area contributed by atoms with Gasteiger partial charge in [-0.3, -0.25) is 4.90 Å². The summed E-state index contributed by atoms with van der Waals surface area (Å²) < 4.78 is 34.6. The second-order valence-corrected chi connectivity index (χ2v) is 8.09. The Kier molecular flexibility index (Phi) is 4.07. The Morgan fingerprint density at radius 2 is 1.85 bits per heavy atom. The van der Waals surface area contributed by atoms with Gasteiger partial charge in [-0.25, -0.2) is 0 Å². The summed E-state index contributed by atoms with van der Waals surface area (Å²) in [6, 6.07) is 0.407. The van der Waals surface area contributed by atoms with E-state index in [0.717, 1.165) is 19.5 Å². The molecule has 3 saturated heterocycles. The van der Waals surface area contributed by atoms with Crippen LogP contribution in [0.25, 0.3) is 0 Å². The molecule has 116 valence electrons. The van der Waals surface area contributed by atoms with E-state index < -0.39 is 10.2 Å². The van der Waals surface area contributed by atoms with E-state index >= 15 is 0 Å². The second-order valence-electron chi connectivity index (χ2n) is 6.25. The smallest absolute Gasteiger partial charge is 0.282 e. The molecule has 3 aliphatic heterocycles. The molecule has 3 rings (SSSR count). The zero-order valence-electron chi connectivity index (χ0n) is 12.4. The lowest BCUT2D eigenvalue weighted by atomic mass is 10.1. The molecular weight excluding hydrogens is 278 g/mol. The fraction of sp³-hybridized carbons (Fsp3) is 1.00. The fourth-order valence-corrected chi connectivity index (χ4v) is 5.64. The third kappa shape index (κ3) is 2.50. The molecule has 0 N–H and O–H groups in total. The van der Waals surface area contributed by atoms with Gasteiger partial charge in [-0.15, -0.1) is 0 Å². The van der Waals surface area contributed by atoms with E-state index in [1.165, 1.54) is 6.42 Å². The molecule has 3 heterocycles. The highest BCUT2D eigenvalue weighted by Gasteiger charge is 2.43. The molecule has 0 aliphatic carbocycles. The van der Waals surface area contributed by atoms with E-state index in [9.17, 15) is 8.42 Å². The summed E-state index contributed by atoms with van der Waals surface area (Å²) in [5, 5.41) is 0. The van der Waals surface area contributed by atoms with Gasteiger partial charge in [0.15, 0.2) is 0 Å². The summed E-state index contributed by atoms with van der Waals surface area (Å²) >= 11 is 0. The summed E-state index contributed by atoms with van der Waals surface area (Å²) in [6.07, 6.45) is 2.32. The lowest BCUT2D eigenvalue weighted by Gasteiger charge is -2.44. The van der Waals surface area contributed by atoms with Crippen molar-refractivity contribution in [1.29, 1.82) is 0 Å². The minimum absolute atomic E-state index is 0.0596. The lowest BCUT2D eigenvalue weighted by Crippen LogP contribution is -2.61. The van der Waals surface area contributed by atoms with Gasteiger partial charge in [-0.05, 0) is 33.2 Å². The van der Waals surface area contributed by atoms with Gasteiger partial charge in [-0.2, -0.15) is 17.0 Å². The number of ether oxygens (including phenoxy) is 1. The van der Waals surface area contributed by atoms with Crippen molar-refractivity contribution in [2.45, 2.75) is 44.8 Å². The van der Waals surface area contributed by atoms with Crippen LogP contribution in [0, 0.1) is 0 Å². The maximum Gasteiger partial charge on any atom is 0.282 e. The van der Waals surface area contributed by atoms with Gasteiger partial charge in [-0.1, -0.05) is 0 Å². The molecule has 3 aliphatic rings. The number of morpholine rings is 1. The largest absolute Gasteiger partial charge is 0.378 e. The lowest BCUT2D eigenvalue weighted by molar-refractivity contribution is 0.0319. The third-order valence-electron chi connectivity index (χ3n) is 4.78. The van der Waals surface area contributed by atoms with Gasteiger partial charge in [0, 0.05) is 37.8 Å². The molecule has 0 radical (unpaired) electrons. The first-order chi connectivity index (χ1) is 9.50. The van der Waals surface area contributed by atoms with E-state index in [0.29, 0.717) is 32.3 Å². The molecule has 0 unspecified atom stereocenters. The Balaban J connectivity index is 1.79. The quantitative estimate of drug-likeness (QED) is 0.727. The number of rotatable bonds is 2. The van der Waals surface area contributed by atoms with Crippen LogP contribution >= 0.6 is 0 Å². The van der Waals surface area contributed by atoms with E-state index in [1.54, 1.807) is 8.61 Å². The van der Waals surface area contributed by atoms with Crippen molar-refractivity contribution in [3.8, 4) is 0 Å². The first-order valence-corrected chi connectivity index (χ1v) is 9.00. The highest BCUT2D eigenvalue weighted by atomic mass is 32.2. The van der Waals surface area contributed by atoms with Crippen molar-refractivity contribution < 1.29 is 13.2 Å². The van der Waals surface area contributed by atoms with Crippen LogP contribution in [0.2, 0.25) is 0 Å². The summed E-state index contributed by atoms with van der Waals surface area (Å²) in [4.78, 5) is 2.44. The van der Waals surface area contributed by atoms with Crippen LogP contribution in [0.3, 0.4) is 0 Å². The van der Waals surface area contributed by atoms with Gasteiger partial charge >= 0.3 is 0 Å². The summed E-state index contributed by atoms with van der Waals surface area (Å²) in [5.41, 5.74) is 0. The molecule has 20 heavy (non-hydrogen) atoms. The standard InChI is InChI=1S/C13H25N3O3S/c1-11-8-14-5-3-4-13(14)9-16(11)20(17,18)15-6-7-19-10-12(15)2/h11-13H,3-10H2,1-2H3/t11-,12+,13+/m0/s1. The number of hydrogen-bond acceptors (Lipinski definition) is 4. The Labute approximate surface area is 121 Å². The molecule has 0 aromatic rings. The Hall–Kier alpha value is -0.210. The molecule has 6 nitrogen and oxygen atoms in total. The van der Waals surface area contributed by atoms with E-state index in [-0.39, 0.29) is 12.1 Å². The number of piperazine rings is 1. The first-order valence-electron chi connectivity index (χ1n) is 7.60. The minimum Gasteiger partial charge on any atom is -0.378 e. The van der Waals surface area contributed by atoms with Crippen molar-refractivity contribution in [3.63, 3.8) is 0 Å². The Morgan fingerprint density at radius 1 is 1.05 bits per heavy atom. The van der Waals surface area contributed by atoms with Crippen molar-refractivity contribution in [3.05, 3.63) is 0 Å². The van der Waals surface area contributed by atoms with Crippen LogP contribution in [0.4, 0.5) is 0 Å².